The molecular weight excluding hydrogens is 1130 g/mol. The van der Waals surface area contributed by atoms with E-state index in [0.717, 1.165) is 51.4 Å². The number of hydrogen-bond donors (Lipinski definition) is 3. The van der Waals surface area contributed by atoms with Crippen LogP contribution in [0, 0.1) is 0 Å². The van der Waals surface area contributed by atoms with Crippen LogP contribution in [0.5, 0.6) is 0 Å². The van der Waals surface area contributed by atoms with E-state index in [-0.39, 0.29) is 18.5 Å². The Morgan fingerprint density at radius 3 is 0.837 bits per heavy atom. The number of nitrogens with one attached hydrogen (secondary N) is 1. The molecule has 2 atom stereocenters. The number of rotatable bonds is 79. The van der Waals surface area contributed by atoms with Crippen LogP contribution in [0.4, 0.5) is 0 Å². The molecule has 0 saturated heterocycles. The molecule has 0 spiro atoms. The Morgan fingerprint density at radius 1 is 0.304 bits per heavy atom. The van der Waals surface area contributed by atoms with Crippen LogP contribution in [-0.4, -0.2) is 47.4 Å². The molecular formula is C86H163NO5. The van der Waals surface area contributed by atoms with Gasteiger partial charge in [-0.2, -0.15) is 0 Å². The minimum atomic E-state index is -0.845. The first-order valence-corrected chi connectivity index (χ1v) is 41.9. The number of amides is 1. The van der Waals surface area contributed by atoms with Gasteiger partial charge >= 0.3 is 5.97 Å². The highest BCUT2D eigenvalue weighted by atomic mass is 16.5. The van der Waals surface area contributed by atoms with Crippen molar-refractivity contribution in [1.82, 2.24) is 5.32 Å². The van der Waals surface area contributed by atoms with Crippen LogP contribution in [-0.2, 0) is 14.3 Å². The minimum Gasteiger partial charge on any atom is -0.466 e. The molecule has 0 aromatic heterocycles. The van der Waals surface area contributed by atoms with Gasteiger partial charge in [-0.05, 0) is 89.9 Å². The van der Waals surface area contributed by atoms with Gasteiger partial charge in [0.2, 0.25) is 5.91 Å². The first kappa shape index (κ1) is 89.8. The highest BCUT2D eigenvalue weighted by molar-refractivity contribution is 5.76. The smallest absolute Gasteiger partial charge is 0.305 e. The summed E-state index contributed by atoms with van der Waals surface area (Å²) in [6, 6.07) is -0.628. The quantitative estimate of drug-likeness (QED) is 0.0320. The van der Waals surface area contributed by atoms with Gasteiger partial charge in [-0.3, -0.25) is 9.59 Å². The zero-order valence-corrected chi connectivity index (χ0v) is 62.3. The molecule has 0 heterocycles. The molecule has 0 aromatic carbocycles. The minimum absolute atomic E-state index is 0.0143. The Bertz CT molecular complexity index is 1540. The molecule has 3 N–H and O–H groups in total. The molecule has 6 heteroatoms. The zero-order chi connectivity index (χ0) is 66.3. The summed E-state index contributed by atoms with van der Waals surface area (Å²) in [6.07, 6.45) is 108. The number of esters is 1. The summed E-state index contributed by atoms with van der Waals surface area (Å²) >= 11 is 0. The van der Waals surface area contributed by atoms with Crippen LogP contribution in [0.2, 0.25) is 0 Å². The van der Waals surface area contributed by atoms with E-state index in [1.54, 1.807) is 6.08 Å². The van der Waals surface area contributed by atoms with Crippen LogP contribution < -0.4 is 5.32 Å². The fraction of sp³-hybridized carbons (Fsp3) is 0.884. The number of allylic oxidation sites excluding steroid dienone is 7. The summed E-state index contributed by atoms with van der Waals surface area (Å²) in [7, 11) is 0. The van der Waals surface area contributed by atoms with Crippen molar-refractivity contribution in [2.75, 3.05) is 13.2 Å². The lowest BCUT2D eigenvalue weighted by Gasteiger charge is -2.20. The molecule has 0 rings (SSSR count). The van der Waals surface area contributed by atoms with E-state index >= 15 is 0 Å². The fourth-order valence-electron chi connectivity index (χ4n) is 13.2. The summed E-state index contributed by atoms with van der Waals surface area (Å²) in [4.78, 5) is 24.7. The maximum absolute atomic E-state index is 12.6. The molecule has 0 radical (unpaired) electrons. The maximum atomic E-state index is 12.6. The largest absolute Gasteiger partial charge is 0.466 e. The molecule has 0 aliphatic carbocycles. The Labute approximate surface area is 576 Å². The summed E-state index contributed by atoms with van der Waals surface area (Å²) < 4.78 is 5.51. The van der Waals surface area contributed by atoms with Gasteiger partial charge in [-0.1, -0.05) is 409 Å². The number of hydrogen-bond acceptors (Lipinski definition) is 5. The first-order chi connectivity index (χ1) is 45.5. The third-order valence-corrected chi connectivity index (χ3v) is 19.6. The van der Waals surface area contributed by atoms with Crippen molar-refractivity contribution in [3.05, 3.63) is 48.6 Å². The third kappa shape index (κ3) is 76.8. The average molecular weight is 1290 g/mol. The van der Waals surface area contributed by atoms with Gasteiger partial charge < -0.3 is 20.3 Å². The molecule has 0 aromatic rings. The third-order valence-electron chi connectivity index (χ3n) is 19.6. The normalized spacial score (nSPS) is 12.7. The zero-order valence-electron chi connectivity index (χ0n) is 62.3. The van der Waals surface area contributed by atoms with Crippen LogP contribution in [0.3, 0.4) is 0 Å². The lowest BCUT2D eigenvalue weighted by atomic mass is 10.0. The molecule has 0 aliphatic heterocycles. The Hall–Kier alpha value is -2.18. The summed E-state index contributed by atoms with van der Waals surface area (Å²) in [5.74, 6) is -0.0467. The van der Waals surface area contributed by atoms with E-state index in [1.807, 2.05) is 6.08 Å². The van der Waals surface area contributed by atoms with Crippen molar-refractivity contribution in [3.8, 4) is 0 Å². The molecule has 0 saturated carbocycles. The van der Waals surface area contributed by atoms with Crippen LogP contribution in [0.1, 0.15) is 463 Å². The standard InChI is InChI=1S/C86H163NO5/c1-3-5-7-9-11-13-15-17-19-21-23-24-40-43-46-50-54-58-62-66-70-74-78-84(89)83(82-88)87-85(90)79-75-71-67-63-59-55-51-47-44-41-38-36-34-32-30-28-26-25-27-29-31-33-35-37-39-42-45-49-53-57-61-65-69-73-77-81-92-86(91)80-76-72-68-64-60-56-52-48-22-20-18-16-14-12-10-8-6-4-2/h20,22,27,29,33,35,74,78,83-84,88-89H,3-19,21,23-26,28,30-32,34,36-73,75-77,79-82H2,1-2H3,(H,87,90)/b22-20-,29-27-,35-33-,78-74+. The van der Waals surface area contributed by atoms with Crippen LogP contribution >= 0.6 is 0 Å². The molecule has 0 bridgehead atoms. The predicted octanol–water partition coefficient (Wildman–Crippen LogP) is 27.9. The van der Waals surface area contributed by atoms with Crippen LogP contribution in [0.25, 0.3) is 0 Å². The highest BCUT2D eigenvalue weighted by Gasteiger charge is 2.18. The first-order valence-electron chi connectivity index (χ1n) is 41.9. The van der Waals surface area contributed by atoms with Crippen molar-refractivity contribution in [2.24, 2.45) is 0 Å². The van der Waals surface area contributed by atoms with Crippen molar-refractivity contribution < 1.29 is 24.5 Å². The van der Waals surface area contributed by atoms with Gasteiger partial charge in [0.1, 0.15) is 0 Å². The van der Waals surface area contributed by atoms with Gasteiger partial charge in [0.15, 0.2) is 0 Å². The van der Waals surface area contributed by atoms with Gasteiger partial charge in [0.05, 0.1) is 25.4 Å². The van der Waals surface area contributed by atoms with Crippen LogP contribution in [0.15, 0.2) is 48.6 Å². The summed E-state index contributed by atoms with van der Waals surface area (Å²) in [5, 5.41) is 23.3. The number of carbonyl (C=O) groups is 2. The summed E-state index contributed by atoms with van der Waals surface area (Å²) in [6.45, 7) is 4.95. The predicted molar refractivity (Wildman–Crippen MR) is 407 cm³/mol. The van der Waals surface area contributed by atoms with Gasteiger partial charge in [0, 0.05) is 12.8 Å². The SMILES string of the molecule is CCCCCCCCC/C=C\CCCCCCCCCC(=O)OCCCCCCCCCCCCC/C=C\C/C=C\CCCCCCCCCCCCCCCCCCCC(=O)NC(CO)C(O)/C=C/CCCCCCCCCCCCCCCCCCCCCC. The van der Waals surface area contributed by atoms with E-state index in [4.69, 9.17) is 4.74 Å². The van der Waals surface area contributed by atoms with Crippen molar-refractivity contribution in [3.63, 3.8) is 0 Å². The van der Waals surface area contributed by atoms with Crippen molar-refractivity contribution in [2.45, 2.75) is 475 Å². The fourth-order valence-corrected chi connectivity index (χ4v) is 13.2. The second kappa shape index (κ2) is 81.2. The van der Waals surface area contributed by atoms with Gasteiger partial charge in [0.25, 0.3) is 0 Å². The molecule has 6 nitrogen and oxygen atoms in total. The molecule has 542 valence electrons. The second-order valence-corrected chi connectivity index (χ2v) is 28.8. The molecule has 2 unspecified atom stereocenters. The van der Waals surface area contributed by atoms with E-state index in [9.17, 15) is 19.8 Å². The second-order valence-electron chi connectivity index (χ2n) is 28.8. The number of carbonyl (C=O) groups excluding carboxylic acids is 2. The highest BCUT2D eigenvalue weighted by Crippen LogP contribution is 2.20. The number of aliphatic hydroxyl groups is 2. The number of aliphatic hydroxyl groups excluding tert-OH is 2. The van der Waals surface area contributed by atoms with Crippen molar-refractivity contribution in [1.29, 1.82) is 0 Å². The van der Waals surface area contributed by atoms with E-state index in [1.165, 1.54) is 385 Å². The molecule has 1 amide bonds. The Balaban J connectivity index is 3.39. The van der Waals surface area contributed by atoms with E-state index in [2.05, 4.69) is 55.6 Å². The lowest BCUT2D eigenvalue weighted by Crippen LogP contribution is -2.45. The average Bonchev–Trinajstić information content (AvgIpc) is 3.77. The lowest BCUT2D eigenvalue weighted by molar-refractivity contribution is -0.143. The van der Waals surface area contributed by atoms with Crippen molar-refractivity contribution >= 4 is 11.9 Å². The monoisotopic (exact) mass is 1290 g/mol. The van der Waals surface area contributed by atoms with E-state index < -0.39 is 12.1 Å². The molecule has 0 fully saturated rings. The maximum Gasteiger partial charge on any atom is 0.305 e. The topological polar surface area (TPSA) is 95.9 Å². The van der Waals surface area contributed by atoms with Gasteiger partial charge in [-0.25, -0.2) is 0 Å². The number of ether oxygens (including phenoxy) is 1. The number of unbranched alkanes of at least 4 members (excludes halogenated alkanes) is 62. The molecule has 92 heavy (non-hydrogen) atoms. The summed E-state index contributed by atoms with van der Waals surface area (Å²) in [5.41, 5.74) is 0. The van der Waals surface area contributed by atoms with Gasteiger partial charge in [-0.15, -0.1) is 0 Å². The Kier molecular flexibility index (Phi) is 79.3. The van der Waals surface area contributed by atoms with E-state index in [0.29, 0.717) is 19.4 Å². The Morgan fingerprint density at radius 2 is 0.543 bits per heavy atom. The molecule has 0 aliphatic rings.